The van der Waals surface area contributed by atoms with Crippen LogP contribution in [0, 0.1) is 6.92 Å². The highest BCUT2D eigenvalue weighted by Gasteiger charge is 2.11. The second-order valence-corrected chi connectivity index (χ2v) is 5.66. The van der Waals surface area contributed by atoms with Gasteiger partial charge in [0.1, 0.15) is 0 Å². The Hall–Kier alpha value is -1.56. The second kappa shape index (κ2) is 5.18. The Labute approximate surface area is 101 Å². The summed E-state index contributed by atoms with van der Waals surface area (Å²) >= 11 is 0. The average Bonchev–Trinajstić information content (AvgIpc) is 2.15. The number of rotatable bonds is 5. The number of anilines is 1. The van der Waals surface area contributed by atoms with Gasteiger partial charge < -0.3 is 5.11 Å². The fourth-order valence-corrected chi connectivity index (χ4v) is 2.58. The molecule has 17 heavy (non-hydrogen) atoms. The first-order valence-electron chi connectivity index (χ1n) is 5.19. The van der Waals surface area contributed by atoms with Gasteiger partial charge in [0.05, 0.1) is 11.3 Å². The summed E-state index contributed by atoms with van der Waals surface area (Å²) in [6.45, 7) is 3.47. The zero-order chi connectivity index (χ0) is 13.1. The minimum atomic E-state index is -3.39. The van der Waals surface area contributed by atoms with Crippen LogP contribution in [0.3, 0.4) is 0 Å². The van der Waals surface area contributed by atoms with Gasteiger partial charge in [0.25, 0.3) is 0 Å². The van der Waals surface area contributed by atoms with Crippen LogP contribution in [-0.2, 0) is 10.0 Å². The monoisotopic (exact) mass is 257 g/mol. The molecule has 2 N–H and O–H groups in total. The topological polar surface area (TPSA) is 83.5 Å². The zero-order valence-electron chi connectivity index (χ0n) is 9.73. The Bertz CT molecular complexity index is 522. The van der Waals surface area contributed by atoms with Crippen LogP contribution in [0.1, 0.15) is 29.3 Å². The van der Waals surface area contributed by atoms with Crippen LogP contribution in [0.15, 0.2) is 18.2 Å². The highest BCUT2D eigenvalue weighted by Crippen LogP contribution is 2.16. The molecule has 0 aliphatic rings. The Morgan fingerprint density at radius 2 is 2.00 bits per heavy atom. The third-order valence-corrected chi connectivity index (χ3v) is 3.56. The lowest BCUT2D eigenvalue weighted by atomic mass is 10.1. The molecule has 0 saturated heterocycles. The van der Waals surface area contributed by atoms with Crippen molar-refractivity contribution in [2.75, 3.05) is 10.5 Å². The standard InChI is InChI=1S/C11H15NO4S/c1-3-4-17(15,16)12-10-6-8(2)5-9(7-10)11(13)14/h5-7,12H,3-4H2,1-2H3,(H,13,14). The van der Waals surface area contributed by atoms with E-state index >= 15 is 0 Å². The minimum Gasteiger partial charge on any atom is -0.478 e. The summed E-state index contributed by atoms with van der Waals surface area (Å²) in [7, 11) is -3.39. The van der Waals surface area contributed by atoms with Crippen LogP contribution in [0.5, 0.6) is 0 Å². The van der Waals surface area contributed by atoms with Gasteiger partial charge in [0.15, 0.2) is 0 Å². The van der Waals surface area contributed by atoms with Gasteiger partial charge in [-0.3, -0.25) is 4.72 Å². The summed E-state index contributed by atoms with van der Waals surface area (Å²) in [5, 5.41) is 8.86. The van der Waals surface area contributed by atoms with Gasteiger partial charge in [-0.25, -0.2) is 13.2 Å². The third kappa shape index (κ3) is 4.07. The van der Waals surface area contributed by atoms with E-state index in [1.807, 2.05) is 0 Å². The molecule has 0 bridgehead atoms. The van der Waals surface area contributed by atoms with Crippen molar-refractivity contribution >= 4 is 21.7 Å². The maximum absolute atomic E-state index is 11.5. The number of carboxylic acid groups (broad SMARTS) is 1. The van der Waals surface area contributed by atoms with Crippen molar-refractivity contribution in [3.05, 3.63) is 29.3 Å². The minimum absolute atomic E-state index is 0.0172. The summed E-state index contributed by atoms with van der Waals surface area (Å²) < 4.78 is 25.4. The van der Waals surface area contributed by atoms with E-state index in [9.17, 15) is 13.2 Å². The number of hydrogen-bond acceptors (Lipinski definition) is 3. The number of nitrogens with one attached hydrogen (secondary N) is 1. The molecule has 0 amide bonds. The first kappa shape index (κ1) is 13.5. The summed E-state index contributed by atoms with van der Waals surface area (Å²) in [5.74, 6) is -1.06. The highest BCUT2D eigenvalue weighted by molar-refractivity contribution is 7.92. The molecule has 0 unspecified atom stereocenters. The molecule has 0 aliphatic heterocycles. The van der Waals surface area contributed by atoms with Gasteiger partial charge in [-0.2, -0.15) is 0 Å². The Morgan fingerprint density at radius 3 is 2.53 bits per heavy atom. The summed E-state index contributed by atoms with van der Waals surface area (Å²) in [6, 6.07) is 4.39. The maximum Gasteiger partial charge on any atom is 0.335 e. The van der Waals surface area contributed by atoms with Crippen molar-refractivity contribution in [2.45, 2.75) is 20.3 Å². The normalized spacial score (nSPS) is 11.2. The van der Waals surface area contributed by atoms with Crippen molar-refractivity contribution in [3.63, 3.8) is 0 Å². The van der Waals surface area contributed by atoms with Crippen LogP contribution in [0.25, 0.3) is 0 Å². The first-order valence-corrected chi connectivity index (χ1v) is 6.85. The molecule has 5 nitrogen and oxygen atoms in total. The molecule has 1 aromatic carbocycles. The fourth-order valence-electron chi connectivity index (χ4n) is 1.46. The number of hydrogen-bond donors (Lipinski definition) is 2. The van der Waals surface area contributed by atoms with Crippen LogP contribution in [-0.4, -0.2) is 25.2 Å². The lowest BCUT2D eigenvalue weighted by Crippen LogP contribution is -2.16. The quantitative estimate of drug-likeness (QED) is 0.843. The highest BCUT2D eigenvalue weighted by atomic mass is 32.2. The van der Waals surface area contributed by atoms with Crippen LogP contribution < -0.4 is 4.72 Å². The van der Waals surface area contributed by atoms with Gasteiger partial charge >= 0.3 is 5.97 Å². The Morgan fingerprint density at radius 1 is 1.35 bits per heavy atom. The van der Waals surface area contributed by atoms with E-state index < -0.39 is 16.0 Å². The van der Waals surface area contributed by atoms with E-state index in [-0.39, 0.29) is 17.0 Å². The molecule has 1 rings (SSSR count). The molecule has 0 spiro atoms. The lowest BCUT2D eigenvalue weighted by Gasteiger charge is -2.08. The molecule has 0 saturated carbocycles. The van der Waals surface area contributed by atoms with E-state index in [4.69, 9.17) is 5.11 Å². The molecular weight excluding hydrogens is 242 g/mol. The molecule has 1 aromatic rings. The van der Waals surface area contributed by atoms with Crippen LogP contribution in [0.4, 0.5) is 5.69 Å². The van der Waals surface area contributed by atoms with Crippen LogP contribution >= 0.6 is 0 Å². The molecule has 0 heterocycles. The molecule has 0 aromatic heterocycles. The molecule has 0 radical (unpaired) electrons. The van der Waals surface area contributed by atoms with E-state index in [0.717, 1.165) is 0 Å². The van der Waals surface area contributed by atoms with E-state index in [1.54, 1.807) is 19.9 Å². The molecule has 0 fully saturated rings. The van der Waals surface area contributed by atoms with E-state index in [1.165, 1.54) is 12.1 Å². The molecule has 94 valence electrons. The number of sulfonamides is 1. The van der Waals surface area contributed by atoms with Crippen molar-refractivity contribution in [2.24, 2.45) is 0 Å². The third-order valence-electron chi connectivity index (χ3n) is 2.07. The number of benzene rings is 1. The summed E-state index contributed by atoms with van der Waals surface area (Å²) in [4.78, 5) is 10.8. The smallest absolute Gasteiger partial charge is 0.335 e. The molecule has 0 aliphatic carbocycles. The number of carbonyl (C=O) groups is 1. The molecule has 0 atom stereocenters. The maximum atomic E-state index is 11.5. The predicted octanol–water partition coefficient (Wildman–Crippen LogP) is 1.84. The van der Waals surface area contributed by atoms with Crippen LogP contribution in [0.2, 0.25) is 0 Å². The predicted molar refractivity (Wildman–Crippen MR) is 65.8 cm³/mol. The summed E-state index contributed by atoms with van der Waals surface area (Å²) in [6.07, 6.45) is 0.507. The second-order valence-electron chi connectivity index (χ2n) is 3.81. The van der Waals surface area contributed by atoms with Gasteiger partial charge in [-0.1, -0.05) is 6.92 Å². The Kier molecular flexibility index (Phi) is 4.11. The fraction of sp³-hybridized carbons (Fsp3) is 0.364. The van der Waals surface area contributed by atoms with Gasteiger partial charge in [-0.05, 0) is 37.1 Å². The van der Waals surface area contributed by atoms with Crippen molar-refractivity contribution in [1.82, 2.24) is 0 Å². The van der Waals surface area contributed by atoms with E-state index in [0.29, 0.717) is 12.0 Å². The number of aromatic carboxylic acids is 1. The van der Waals surface area contributed by atoms with Crippen molar-refractivity contribution in [1.29, 1.82) is 0 Å². The van der Waals surface area contributed by atoms with Crippen molar-refractivity contribution in [3.8, 4) is 0 Å². The lowest BCUT2D eigenvalue weighted by molar-refractivity contribution is 0.0697. The van der Waals surface area contributed by atoms with Gasteiger partial charge in [0.2, 0.25) is 10.0 Å². The largest absolute Gasteiger partial charge is 0.478 e. The van der Waals surface area contributed by atoms with Gasteiger partial charge in [0, 0.05) is 5.69 Å². The van der Waals surface area contributed by atoms with E-state index in [2.05, 4.69) is 4.72 Å². The summed E-state index contributed by atoms with van der Waals surface area (Å²) in [5.41, 5.74) is 1.05. The molecule has 6 heteroatoms. The Balaban J connectivity index is 3.03. The van der Waals surface area contributed by atoms with Gasteiger partial charge in [-0.15, -0.1) is 0 Å². The average molecular weight is 257 g/mol. The number of aryl methyl sites for hydroxylation is 1. The zero-order valence-corrected chi connectivity index (χ0v) is 10.5. The SMILES string of the molecule is CCCS(=O)(=O)Nc1cc(C)cc(C(=O)O)c1. The first-order chi connectivity index (χ1) is 7.84. The number of carboxylic acids is 1. The molecular formula is C11H15NO4S. The van der Waals surface area contributed by atoms with Crippen molar-refractivity contribution < 1.29 is 18.3 Å².